The van der Waals surface area contributed by atoms with Gasteiger partial charge in [-0.05, 0) is 35.9 Å². The number of likely N-dealkylation sites (N-methyl/N-ethyl adjacent to an activating group) is 1. The van der Waals surface area contributed by atoms with Crippen LogP contribution in [-0.2, 0) is 19.6 Å². The molecule has 0 saturated heterocycles. The predicted molar refractivity (Wildman–Crippen MR) is 114 cm³/mol. The highest BCUT2D eigenvalue weighted by molar-refractivity contribution is 7.89. The van der Waals surface area contributed by atoms with Gasteiger partial charge in [0.25, 0.3) is 0 Å². The fourth-order valence-electron chi connectivity index (χ4n) is 2.37. The number of anilines is 1. The van der Waals surface area contributed by atoms with Crippen LogP contribution < -0.4 is 10.0 Å². The lowest BCUT2D eigenvalue weighted by molar-refractivity contribution is -0.129. The second-order valence-electron chi connectivity index (χ2n) is 6.13. The van der Waals surface area contributed by atoms with Gasteiger partial charge >= 0.3 is 0 Å². The van der Waals surface area contributed by atoms with Gasteiger partial charge in [-0.25, -0.2) is 13.1 Å². The minimum atomic E-state index is -3.52. The van der Waals surface area contributed by atoms with Crippen LogP contribution >= 0.6 is 11.6 Å². The molecule has 9 heteroatoms. The largest absolute Gasteiger partial charge is 0.333 e. The SMILES string of the molecule is CCNS(=O)(=O)c1ccc(/C=C/C(=O)N(C)CC(=O)Nc2ccccc2Cl)cc1. The summed E-state index contributed by atoms with van der Waals surface area (Å²) in [5.41, 5.74) is 1.13. The first-order chi connectivity index (χ1) is 13.7. The molecule has 0 aliphatic carbocycles. The standard InChI is InChI=1S/C20H22ClN3O4S/c1-3-22-29(27,28)16-11-8-15(9-12-16)10-13-20(26)24(2)14-19(25)23-18-7-5-4-6-17(18)21/h4-13,22H,3,14H2,1-2H3,(H,23,25)/b13-10+. The number of para-hydroxylation sites is 1. The molecule has 154 valence electrons. The Hall–Kier alpha value is -2.68. The maximum atomic E-state index is 12.2. The second-order valence-corrected chi connectivity index (χ2v) is 8.30. The molecule has 2 N–H and O–H groups in total. The van der Waals surface area contributed by atoms with Gasteiger partial charge in [-0.3, -0.25) is 9.59 Å². The second kappa shape index (κ2) is 10.2. The van der Waals surface area contributed by atoms with Crippen LogP contribution in [0.2, 0.25) is 5.02 Å². The van der Waals surface area contributed by atoms with Crippen LogP contribution in [0.1, 0.15) is 12.5 Å². The molecule has 2 amide bonds. The predicted octanol–water partition coefficient (Wildman–Crippen LogP) is 2.75. The van der Waals surface area contributed by atoms with Gasteiger partial charge in [-0.15, -0.1) is 0 Å². The number of nitrogens with one attached hydrogen (secondary N) is 2. The Balaban J connectivity index is 1.94. The topological polar surface area (TPSA) is 95.6 Å². The molecule has 7 nitrogen and oxygen atoms in total. The van der Waals surface area contributed by atoms with Crippen LogP contribution in [0.15, 0.2) is 59.5 Å². The third-order valence-electron chi connectivity index (χ3n) is 3.85. The summed E-state index contributed by atoms with van der Waals surface area (Å²) in [6.07, 6.45) is 2.87. The van der Waals surface area contributed by atoms with E-state index in [9.17, 15) is 18.0 Å². The van der Waals surface area contributed by atoms with Gasteiger partial charge in [0.15, 0.2) is 0 Å². The van der Waals surface area contributed by atoms with Gasteiger partial charge in [-0.1, -0.05) is 42.8 Å². The van der Waals surface area contributed by atoms with E-state index >= 15 is 0 Å². The number of sulfonamides is 1. The zero-order valence-corrected chi connectivity index (χ0v) is 17.6. The maximum Gasteiger partial charge on any atom is 0.246 e. The monoisotopic (exact) mass is 435 g/mol. The van der Waals surface area contributed by atoms with Crippen molar-refractivity contribution in [1.82, 2.24) is 9.62 Å². The van der Waals surface area contributed by atoms with Crippen molar-refractivity contribution in [2.45, 2.75) is 11.8 Å². The van der Waals surface area contributed by atoms with E-state index in [-0.39, 0.29) is 23.3 Å². The summed E-state index contributed by atoms with van der Waals surface area (Å²) in [6, 6.07) is 12.9. The Morgan fingerprint density at radius 3 is 2.38 bits per heavy atom. The Morgan fingerprint density at radius 1 is 1.10 bits per heavy atom. The molecular weight excluding hydrogens is 414 g/mol. The number of carbonyl (C=O) groups excluding carboxylic acids is 2. The average Bonchev–Trinajstić information content (AvgIpc) is 2.68. The maximum absolute atomic E-state index is 12.2. The minimum absolute atomic E-state index is 0.145. The highest BCUT2D eigenvalue weighted by Gasteiger charge is 2.13. The molecule has 0 bridgehead atoms. The fraction of sp³-hybridized carbons (Fsp3) is 0.200. The van der Waals surface area contributed by atoms with Crippen molar-refractivity contribution < 1.29 is 18.0 Å². The number of halogens is 1. The van der Waals surface area contributed by atoms with Crippen molar-refractivity contribution in [2.24, 2.45) is 0 Å². The summed E-state index contributed by atoms with van der Waals surface area (Å²) in [5.74, 6) is -0.746. The fourth-order valence-corrected chi connectivity index (χ4v) is 3.60. The number of benzene rings is 2. The number of carbonyl (C=O) groups is 2. The summed E-state index contributed by atoms with van der Waals surface area (Å²) < 4.78 is 26.2. The van der Waals surface area contributed by atoms with Crippen LogP contribution in [0, 0.1) is 0 Å². The van der Waals surface area contributed by atoms with Crippen molar-refractivity contribution in [1.29, 1.82) is 0 Å². The molecule has 0 aliphatic heterocycles. The van der Waals surface area contributed by atoms with E-state index in [4.69, 9.17) is 11.6 Å². The molecule has 0 atom stereocenters. The van der Waals surface area contributed by atoms with Crippen molar-refractivity contribution >= 4 is 45.2 Å². The molecule has 0 heterocycles. The summed E-state index contributed by atoms with van der Waals surface area (Å²) in [6.45, 7) is 1.86. The van der Waals surface area contributed by atoms with E-state index in [1.165, 1.54) is 30.2 Å². The molecular formula is C20H22ClN3O4S. The van der Waals surface area contributed by atoms with E-state index in [1.807, 2.05) is 0 Å². The number of amides is 2. The van der Waals surface area contributed by atoms with Crippen LogP contribution in [0.4, 0.5) is 5.69 Å². The summed E-state index contributed by atoms with van der Waals surface area (Å²) >= 11 is 5.99. The van der Waals surface area contributed by atoms with Crippen LogP contribution in [0.5, 0.6) is 0 Å². The summed E-state index contributed by atoms with van der Waals surface area (Å²) in [4.78, 5) is 25.7. The lowest BCUT2D eigenvalue weighted by atomic mass is 10.2. The lowest BCUT2D eigenvalue weighted by Gasteiger charge is -2.15. The van der Waals surface area contributed by atoms with Gasteiger partial charge in [0, 0.05) is 19.7 Å². The van der Waals surface area contributed by atoms with Crippen molar-refractivity contribution in [3.63, 3.8) is 0 Å². The molecule has 0 aromatic heterocycles. The lowest BCUT2D eigenvalue weighted by Crippen LogP contribution is -2.33. The zero-order chi connectivity index (χ0) is 21.4. The molecule has 29 heavy (non-hydrogen) atoms. The normalized spacial score (nSPS) is 11.4. The molecule has 2 rings (SSSR count). The highest BCUT2D eigenvalue weighted by Crippen LogP contribution is 2.20. The van der Waals surface area contributed by atoms with Gasteiger partial charge in [0.1, 0.15) is 0 Å². The zero-order valence-electron chi connectivity index (χ0n) is 16.1. The molecule has 0 aliphatic rings. The molecule has 0 fully saturated rings. The summed E-state index contributed by atoms with van der Waals surface area (Å²) in [7, 11) is -2.01. The average molecular weight is 436 g/mol. The van der Waals surface area contributed by atoms with E-state index < -0.39 is 10.0 Å². The number of hydrogen-bond acceptors (Lipinski definition) is 4. The van der Waals surface area contributed by atoms with E-state index in [2.05, 4.69) is 10.0 Å². The smallest absolute Gasteiger partial charge is 0.246 e. The Morgan fingerprint density at radius 2 is 1.76 bits per heavy atom. The summed E-state index contributed by atoms with van der Waals surface area (Å²) in [5, 5.41) is 3.06. The number of rotatable bonds is 8. The van der Waals surface area contributed by atoms with Gasteiger partial charge in [0.05, 0.1) is 22.2 Å². The third-order valence-corrected chi connectivity index (χ3v) is 5.74. The van der Waals surface area contributed by atoms with E-state index in [1.54, 1.807) is 49.4 Å². The Labute approximate surface area is 175 Å². The molecule has 2 aromatic carbocycles. The van der Waals surface area contributed by atoms with Gasteiger partial charge in [-0.2, -0.15) is 0 Å². The first kappa shape index (κ1) is 22.6. The first-order valence-electron chi connectivity index (χ1n) is 8.80. The van der Waals surface area contributed by atoms with Crippen molar-refractivity contribution in [2.75, 3.05) is 25.5 Å². The van der Waals surface area contributed by atoms with Crippen molar-refractivity contribution in [3.8, 4) is 0 Å². The third kappa shape index (κ3) is 6.70. The number of nitrogens with zero attached hydrogens (tertiary/aromatic N) is 1. The van der Waals surface area contributed by atoms with E-state index in [0.717, 1.165) is 0 Å². The number of hydrogen-bond donors (Lipinski definition) is 2. The quantitative estimate of drug-likeness (QED) is 0.623. The highest BCUT2D eigenvalue weighted by atomic mass is 35.5. The van der Waals surface area contributed by atoms with Crippen LogP contribution in [-0.4, -0.2) is 45.3 Å². The van der Waals surface area contributed by atoms with Gasteiger partial charge < -0.3 is 10.2 Å². The Kier molecular flexibility index (Phi) is 7.95. The molecule has 0 unspecified atom stereocenters. The van der Waals surface area contributed by atoms with Crippen LogP contribution in [0.3, 0.4) is 0 Å². The molecule has 2 aromatic rings. The Bertz CT molecular complexity index is 1000. The van der Waals surface area contributed by atoms with Crippen molar-refractivity contribution in [3.05, 3.63) is 65.2 Å². The molecule has 0 spiro atoms. The molecule has 0 radical (unpaired) electrons. The molecule has 0 saturated carbocycles. The van der Waals surface area contributed by atoms with Gasteiger partial charge in [0.2, 0.25) is 21.8 Å². The first-order valence-corrected chi connectivity index (χ1v) is 10.7. The minimum Gasteiger partial charge on any atom is -0.333 e. The van der Waals surface area contributed by atoms with E-state index in [0.29, 0.717) is 22.8 Å². The van der Waals surface area contributed by atoms with Crippen LogP contribution in [0.25, 0.3) is 6.08 Å².